The molecule has 4 rings (SSSR count). The van der Waals surface area contributed by atoms with Crippen molar-refractivity contribution in [1.82, 2.24) is 25.1 Å². The average molecular weight is 440 g/mol. The Bertz CT molecular complexity index is 877. The molecule has 2 atom stereocenters. The summed E-state index contributed by atoms with van der Waals surface area (Å²) in [6, 6.07) is 10.9. The molecule has 0 unspecified atom stereocenters. The minimum Gasteiger partial charge on any atom is -0.483 e. The summed E-state index contributed by atoms with van der Waals surface area (Å²) in [4.78, 5) is 35.3. The van der Waals surface area contributed by atoms with Gasteiger partial charge < -0.3 is 15.3 Å². The number of carbonyl (C=O) groups is 2. The van der Waals surface area contributed by atoms with Crippen LogP contribution in [0.2, 0.25) is 0 Å². The molecular weight excluding hydrogens is 406 g/mol. The van der Waals surface area contributed by atoms with E-state index in [0.29, 0.717) is 6.54 Å². The highest BCUT2D eigenvalue weighted by Gasteiger charge is 2.51. The topological polar surface area (TPSA) is 98.7 Å². The van der Waals surface area contributed by atoms with Gasteiger partial charge in [0, 0.05) is 25.3 Å². The van der Waals surface area contributed by atoms with Crippen LogP contribution in [0.4, 0.5) is 0 Å². The predicted octanol–water partition coefficient (Wildman–Crippen LogP) is 2.09. The lowest BCUT2D eigenvalue weighted by Gasteiger charge is -2.53. The molecule has 2 N–H and O–H groups in total. The van der Waals surface area contributed by atoms with Gasteiger partial charge in [0.15, 0.2) is 0 Å². The van der Waals surface area contributed by atoms with Gasteiger partial charge >= 0.3 is 0 Å². The van der Waals surface area contributed by atoms with E-state index in [0.717, 1.165) is 56.8 Å². The summed E-state index contributed by atoms with van der Waals surface area (Å²) < 4.78 is 0. The van der Waals surface area contributed by atoms with Gasteiger partial charge in [-0.2, -0.15) is 0 Å². The van der Waals surface area contributed by atoms with E-state index in [9.17, 15) is 4.79 Å². The van der Waals surface area contributed by atoms with Gasteiger partial charge in [0.05, 0.1) is 29.5 Å². The Morgan fingerprint density at radius 3 is 2.66 bits per heavy atom. The Morgan fingerprint density at radius 1 is 1.22 bits per heavy atom. The number of aryl methyl sites for hydroxylation is 1. The maximum Gasteiger partial charge on any atom is 0.290 e. The molecule has 8 heteroatoms. The normalized spacial score (nSPS) is 23.4. The van der Waals surface area contributed by atoms with Crippen LogP contribution in [0.5, 0.6) is 0 Å². The summed E-state index contributed by atoms with van der Waals surface area (Å²) in [5, 5.41) is 10.1. The summed E-state index contributed by atoms with van der Waals surface area (Å²) in [6.45, 7) is 6.00. The van der Waals surface area contributed by atoms with Crippen molar-refractivity contribution in [3.63, 3.8) is 0 Å². The third-order valence-electron chi connectivity index (χ3n) is 6.57. The summed E-state index contributed by atoms with van der Waals surface area (Å²) in [5.41, 5.74) is 2.72. The van der Waals surface area contributed by atoms with E-state index in [1.54, 1.807) is 12.4 Å². The molecule has 0 saturated carbocycles. The van der Waals surface area contributed by atoms with Gasteiger partial charge in [-0.25, -0.2) is 0 Å². The number of aromatic nitrogens is 2. The number of benzene rings is 1. The Morgan fingerprint density at radius 2 is 1.97 bits per heavy atom. The molecule has 0 spiro atoms. The molecule has 2 saturated heterocycles. The minimum atomic E-state index is -0.307. The molecule has 2 fully saturated rings. The van der Waals surface area contributed by atoms with Crippen molar-refractivity contribution in [3.8, 4) is 0 Å². The summed E-state index contributed by atoms with van der Waals surface area (Å²) in [5.74, 6) is 0.177. The number of hydrogen-bond acceptors (Lipinski definition) is 6. The van der Waals surface area contributed by atoms with Crippen LogP contribution in [-0.2, 0) is 22.7 Å². The van der Waals surface area contributed by atoms with Crippen molar-refractivity contribution >= 4 is 12.4 Å². The van der Waals surface area contributed by atoms with Crippen molar-refractivity contribution in [1.29, 1.82) is 0 Å². The fraction of sp³-hybridized carbons (Fsp3) is 0.500. The van der Waals surface area contributed by atoms with E-state index in [1.807, 2.05) is 6.92 Å². The standard InChI is InChI=1S/C23H31N5O.CH2O2/c1-18-13-25-20(14-24-18)15-26-22(29)23-9-6-11-27(2)21(23)17-28(12-10-23)16-19-7-4-3-5-8-19;2-1-3/h3-5,7-8,13-14,21H,6,9-12,15-17H2,1-2H3,(H,26,29);1H,(H,2,3)/t21-,23+;/m0./s1. The van der Waals surface area contributed by atoms with E-state index < -0.39 is 0 Å². The van der Waals surface area contributed by atoms with Crippen molar-refractivity contribution in [2.75, 3.05) is 26.7 Å². The first-order valence-electron chi connectivity index (χ1n) is 11.1. The van der Waals surface area contributed by atoms with Crippen LogP contribution in [0, 0.1) is 12.3 Å². The number of amides is 1. The molecule has 2 aliphatic heterocycles. The van der Waals surface area contributed by atoms with Crippen LogP contribution in [0.15, 0.2) is 42.7 Å². The number of carbonyl (C=O) groups excluding carboxylic acids is 1. The quantitative estimate of drug-likeness (QED) is 0.688. The molecule has 1 amide bonds. The highest BCUT2D eigenvalue weighted by Crippen LogP contribution is 2.42. The van der Waals surface area contributed by atoms with Crippen LogP contribution >= 0.6 is 0 Å². The van der Waals surface area contributed by atoms with E-state index in [1.165, 1.54) is 5.56 Å². The SMILES string of the molecule is Cc1cnc(CNC(=O)[C@@]23CCCN(C)[C@H]2CN(Cc2ccccc2)CC3)cn1.O=CO. The Balaban J connectivity index is 0.000000913. The first kappa shape index (κ1) is 23.8. The monoisotopic (exact) mass is 439 g/mol. The van der Waals surface area contributed by atoms with Crippen LogP contribution in [0.3, 0.4) is 0 Å². The number of likely N-dealkylation sites (tertiary alicyclic amines) is 2. The molecule has 0 radical (unpaired) electrons. The number of likely N-dealkylation sites (N-methyl/N-ethyl adjacent to an activating group) is 1. The summed E-state index contributed by atoms with van der Waals surface area (Å²) in [7, 11) is 2.17. The Kier molecular flexibility index (Phi) is 8.30. The molecular formula is C24H33N5O3. The highest BCUT2D eigenvalue weighted by molar-refractivity contribution is 5.83. The van der Waals surface area contributed by atoms with E-state index in [4.69, 9.17) is 9.90 Å². The zero-order valence-corrected chi connectivity index (χ0v) is 18.9. The minimum absolute atomic E-state index is 0.177. The third-order valence-corrected chi connectivity index (χ3v) is 6.57. The smallest absolute Gasteiger partial charge is 0.290 e. The number of nitrogens with one attached hydrogen (secondary N) is 1. The third kappa shape index (κ3) is 5.69. The van der Waals surface area contributed by atoms with Gasteiger partial charge in [-0.05, 0) is 51.9 Å². The molecule has 32 heavy (non-hydrogen) atoms. The maximum absolute atomic E-state index is 13.4. The molecule has 2 aliphatic rings. The van der Waals surface area contributed by atoms with Gasteiger partial charge in [-0.15, -0.1) is 0 Å². The fourth-order valence-electron chi connectivity index (χ4n) is 4.91. The highest BCUT2D eigenvalue weighted by atomic mass is 16.3. The maximum atomic E-state index is 13.4. The predicted molar refractivity (Wildman–Crippen MR) is 122 cm³/mol. The number of piperidine rings is 2. The van der Waals surface area contributed by atoms with E-state index in [-0.39, 0.29) is 23.8 Å². The van der Waals surface area contributed by atoms with Gasteiger partial charge in [-0.3, -0.25) is 24.5 Å². The second kappa shape index (κ2) is 11.2. The number of carboxylic acid groups (broad SMARTS) is 1. The first-order valence-corrected chi connectivity index (χ1v) is 11.1. The molecule has 3 heterocycles. The lowest BCUT2D eigenvalue weighted by atomic mass is 9.67. The Hall–Kier alpha value is -2.84. The van der Waals surface area contributed by atoms with E-state index >= 15 is 0 Å². The van der Waals surface area contributed by atoms with Crippen LogP contribution in [0.25, 0.3) is 0 Å². The molecule has 0 bridgehead atoms. The van der Waals surface area contributed by atoms with E-state index in [2.05, 4.69) is 62.5 Å². The zero-order chi connectivity index (χ0) is 23.0. The number of fused-ring (bicyclic) bond motifs is 1. The molecule has 8 nitrogen and oxygen atoms in total. The largest absolute Gasteiger partial charge is 0.483 e. The van der Waals surface area contributed by atoms with Crippen LogP contribution in [0.1, 0.15) is 36.2 Å². The second-order valence-electron chi connectivity index (χ2n) is 8.66. The van der Waals surface area contributed by atoms with Crippen molar-refractivity contribution in [2.45, 2.75) is 45.3 Å². The molecule has 0 aliphatic carbocycles. The lowest BCUT2D eigenvalue weighted by Crippen LogP contribution is -2.64. The fourth-order valence-corrected chi connectivity index (χ4v) is 4.91. The number of rotatable bonds is 5. The molecule has 1 aromatic carbocycles. The van der Waals surface area contributed by atoms with Crippen LogP contribution in [-0.4, -0.2) is 70.0 Å². The molecule has 172 valence electrons. The van der Waals surface area contributed by atoms with Crippen molar-refractivity contribution in [2.24, 2.45) is 5.41 Å². The van der Waals surface area contributed by atoms with Gasteiger partial charge in [0.1, 0.15) is 0 Å². The van der Waals surface area contributed by atoms with Crippen LogP contribution < -0.4 is 5.32 Å². The first-order chi connectivity index (χ1) is 15.5. The lowest BCUT2D eigenvalue weighted by molar-refractivity contribution is -0.144. The number of nitrogens with zero attached hydrogens (tertiary/aromatic N) is 4. The second-order valence-corrected chi connectivity index (χ2v) is 8.66. The summed E-state index contributed by atoms with van der Waals surface area (Å²) >= 11 is 0. The van der Waals surface area contributed by atoms with Gasteiger partial charge in [-0.1, -0.05) is 30.3 Å². The van der Waals surface area contributed by atoms with Gasteiger partial charge in [0.25, 0.3) is 6.47 Å². The summed E-state index contributed by atoms with van der Waals surface area (Å²) in [6.07, 6.45) is 6.44. The average Bonchev–Trinajstić information content (AvgIpc) is 2.80. The molecule has 2 aromatic rings. The van der Waals surface area contributed by atoms with Crippen molar-refractivity contribution in [3.05, 3.63) is 59.7 Å². The van der Waals surface area contributed by atoms with Crippen molar-refractivity contribution < 1.29 is 14.7 Å². The Labute approximate surface area is 189 Å². The zero-order valence-electron chi connectivity index (χ0n) is 18.9. The molecule has 1 aromatic heterocycles. The number of hydrogen-bond donors (Lipinski definition) is 2. The van der Waals surface area contributed by atoms with Gasteiger partial charge in [0.2, 0.25) is 5.91 Å².